The number of aromatic nitrogens is 1. The number of aromatic amines is 1. The van der Waals surface area contributed by atoms with E-state index in [2.05, 4.69) is 4.98 Å². The number of halogens is 1. The second-order valence-electron chi connectivity index (χ2n) is 3.51. The fourth-order valence-electron chi connectivity index (χ4n) is 1.76. The predicted molar refractivity (Wildman–Crippen MR) is 61.5 cm³/mol. The van der Waals surface area contributed by atoms with E-state index >= 15 is 0 Å². The molecule has 0 amide bonds. The van der Waals surface area contributed by atoms with Crippen molar-refractivity contribution < 1.29 is 19.1 Å². The van der Waals surface area contributed by atoms with Crippen LogP contribution in [0.15, 0.2) is 18.3 Å². The minimum absolute atomic E-state index is 0.0213. The van der Waals surface area contributed by atoms with Crippen LogP contribution < -0.4 is 5.46 Å². The number of nitrogens with one attached hydrogen (secondary N) is 1. The first-order chi connectivity index (χ1) is 8.06. The molecule has 0 aliphatic carbocycles. The Bertz CT molecular complexity index is 620. The first-order valence-electron chi connectivity index (χ1n) is 4.92. The molecule has 0 saturated heterocycles. The fourth-order valence-corrected chi connectivity index (χ4v) is 1.76. The van der Waals surface area contributed by atoms with E-state index in [4.69, 9.17) is 5.11 Å². The summed E-state index contributed by atoms with van der Waals surface area (Å²) in [6.45, 7) is 1.77. The van der Waals surface area contributed by atoms with E-state index in [1.165, 1.54) is 12.3 Å². The average molecular weight is 232 g/mol. The van der Waals surface area contributed by atoms with Gasteiger partial charge in [-0.2, -0.15) is 0 Å². The molecule has 0 bridgehead atoms. The molecule has 0 saturated carbocycles. The topological polar surface area (TPSA) is 70.2 Å². The van der Waals surface area contributed by atoms with Gasteiger partial charge in [-0.3, -0.25) is 4.79 Å². The largest absolute Gasteiger partial charge is 0.475 e. The van der Waals surface area contributed by atoms with E-state index in [1.54, 1.807) is 20.2 Å². The highest BCUT2D eigenvalue weighted by atomic mass is 19.1. The van der Waals surface area contributed by atoms with Crippen molar-refractivity contribution >= 4 is 35.4 Å². The first kappa shape index (κ1) is 11.4. The maximum atomic E-state index is 13.6. The number of carbonyl (C=O) groups excluding carboxylic acids is 1. The van der Waals surface area contributed by atoms with Crippen LogP contribution in [-0.4, -0.2) is 29.1 Å². The second-order valence-corrected chi connectivity index (χ2v) is 3.51. The summed E-state index contributed by atoms with van der Waals surface area (Å²) < 4.78 is 13.6. The van der Waals surface area contributed by atoms with Crippen LogP contribution in [0.1, 0.15) is 10.4 Å². The summed E-state index contributed by atoms with van der Waals surface area (Å²) in [6, 6.07) is 2.77. The first-order valence-corrected chi connectivity index (χ1v) is 4.92. The third kappa shape index (κ3) is 1.71. The fraction of sp³-hybridized carbons (Fsp3) is 0.0909. The second kappa shape index (κ2) is 4.05. The molecule has 0 unspecified atom stereocenters. The number of hydrogen-bond acceptors (Lipinski definition) is 2. The Labute approximate surface area is 96.7 Å². The van der Waals surface area contributed by atoms with E-state index in [9.17, 15) is 14.0 Å². The summed E-state index contributed by atoms with van der Waals surface area (Å²) in [5, 5.41) is 8.66. The van der Waals surface area contributed by atoms with E-state index < -0.39 is 17.6 Å². The van der Waals surface area contributed by atoms with Gasteiger partial charge in [0.2, 0.25) is 0 Å². The molecule has 0 aliphatic heterocycles. The SMILES string of the molecule is C[B]c1ccc(F)c2c(C(=O)C(=O)O)c[nH]c12. The molecule has 1 radical (unpaired) electrons. The summed E-state index contributed by atoms with van der Waals surface area (Å²) in [6.07, 6.45) is 1.22. The number of fused-ring (bicyclic) bond motifs is 1. The van der Waals surface area contributed by atoms with Crippen LogP contribution in [0, 0.1) is 5.82 Å². The molecule has 1 aromatic heterocycles. The molecule has 1 aromatic carbocycles. The Morgan fingerprint density at radius 1 is 1.41 bits per heavy atom. The van der Waals surface area contributed by atoms with Crippen molar-refractivity contribution in [3.05, 3.63) is 29.7 Å². The zero-order valence-electron chi connectivity index (χ0n) is 8.95. The van der Waals surface area contributed by atoms with Crippen molar-refractivity contribution in [1.29, 1.82) is 0 Å². The van der Waals surface area contributed by atoms with Gasteiger partial charge < -0.3 is 10.1 Å². The van der Waals surface area contributed by atoms with E-state index in [0.717, 1.165) is 0 Å². The van der Waals surface area contributed by atoms with Gasteiger partial charge in [0.1, 0.15) is 5.82 Å². The van der Waals surface area contributed by atoms with Gasteiger partial charge in [0.05, 0.1) is 5.56 Å². The zero-order chi connectivity index (χ0) is 12.6. The Morgan fingerprint density at radius 2 is 2.12 bits per heavy atom. The van der Waals surface area contributed by atoms with Crippen molar-refractivity contribution in [2.24, 2.45) is 0 Å². The van der Waals surface area contributed by atoms with Crippen molar-refractivity contribution in [1.82, 2.24) is 4.98 Å². The van der Waals surface area contributed by atoms with E-state index in [-0.39, 0.29) is 10.9 Å². The Morgan fingerprint density at radius 3 is 2.71 bits per heavy atom. The number of carboxylic acid groups (broad SMARTS) is 1. The van der Waals surface area contributed by atoms with Crippen LogP contribution in [0.2, 0.25) is 6.82 Å². The molecular formula is C11H8BFNO3. The van der Waals surface area contributed by atoms with Crippen LogP contribution in [-0.2, 0) is 4.79 Å². The van der Waals surface area contributed by atoms with Gasteiger partial charge in [-0.15, -0.1) is 0 Å². The van der Waals surface area contributed by atoms with Gasteiger partial charge in [-0.1, -0.05) is 18.4 Å². The van der Waals surface area contributed by atoms with Crippen molar-refractivity contribution in [3.63, 3.8) is 0 Å². The highest BCUT2D eigenvalue weighted by molar-refractivity contribution is 6.56. The maximum absolute atomic E-state index is 13.6. The molecule has 2 N–H and O–H groups in total. The normalized spacial score (nSPS) is 10.5. The van der Waals surface area contributed by atoms with Crippen LogP contribution in [0.25, 0.3) is 10.9 Å². The van der Waals surface area contributed by atoms with Gasteiger partial charge in [0, 0.05) is 17.1 Å². The Kier molecular flexibility index (Phi) is 2.71. The maximum Gasteiger partial charge on any atom is 0.377 e. The zero-order valence-corrected chi connectivity index (χ0v) is 8.95. The standard InChI is InChI=1S/C11H8BFNO3/c1-12-6-2-3-7(13)8-5(4-14-9(6)8)10(15)11(16)17/h2-4,14H,1H3,(H,16,17). The monoisotopic (exact) mass is 232 g/mol. The number of carboxylic acids is 1. The summed E-state index contributed by atoms with van der Waals surface area (Å²) in [4.78, 5) is 24.7. The molecule has 2 rings (SSSR count). The molecular weight excluding hydrogens is 224 g/mol. The third-order valence-corrected chi connectivity index (χ3v) is 2.57. The summed E-state index contributed by atoms with van der Waals surface area (Å²) in [5.41, 5.74) is 0.983. The predicted octanol–water partition coefficient (Wildman–Crippen LogP) is 0.952. The quantitative estimate of drug-likeness (QED) is 0.470. The lowest BCUT2D eigenvalue weighted by Gasteiger charge is -2.01. The molecule has 4 nitrogen and oxygen atoms in total. The van der Waals surface area contributed by atoms with Gasteiger partial charge in [-0.25, -0.2) is 9.18 Å². The van der Waals surface area contributed by atoms with Crippen molar-refractivity contribution in [2.75, 3.05) is 0 Å². The molecule has 0 atom stereocenters. The molecule has 0 spiro atoms. The number of aliphatic carboxylic acids is 1. The molecule has 2 aromatic rings. The van der Waals surface area contributed by atoms with Crippen LogP contribution >= 0.6 is 0 Å². The van der Waals surface area contributed by atoms with Gasteiger partial charge >= 0.3 is 5.97 Å². The summed E-state index contributed by atoms with van der Waals surface area (Å²) >= 11 is 0. The molecule has 0 aliphatic rings. The minimum Gasteiger partial charge on any atom is -0.475 e. The Hall–Kier alpha value is -2.11. The van der Waals surface area contributed by atoms with Crippen LogP contribution in [0.3, 0.4) is 0 Å². The highest BCUT2D eigenvalue weighted by Crippen LogP contribution is 2.20. The highest BCUT2D eigenvalue weighted by Gasteiger charge is 2.21. The minimum atomic E-state index is -1.60. The van der Waals surface area contributed by atoms with Crippen molar-refractivity contribution in [3.8, 4) is 0 Å². The number of ketones is 1. The van der Waals surface area contributed by atoms with Gasteiger partial charge in [0.15, 0.2) is 7.28 Å². The number of carbonyl (C=O) groups is 2. The summed E-state index contributed by atoms with van der Waals surface area (Å²) in [5.74, 6) is -3.34. The number of benzene rings is 1. The van der Waals surface area contributed by atoms with Crippen LogP contribution in [0.5, 0.6) is 0 Å². The van der Waals surface area contributed by atoms with Crippen molar-refractivity contribution in [2.45, 2.75) is 6.82 Å². The van der Waals surface area contributed by atoms with E-state index in [1.807, 2.05) is 0 Å². The number of rotatable bonds is 3. The lowest BCUT2D eigenvalue weighted by atomic mass is 9.72. The van der Waals surface area contributed by atoms with Gasteiger partial charge in [-0.05, 0) is 6.07 Å². The average Bonchev–Trinajstić information content (AvgIpc) is 2.74. The van der Waals surface area contributed by atoms with E-state index in [0.29, 0.717) is 11.0 Å². The third-order valence-electron chi connectivity index (χ3n) is 2.57. The number of H-pyrrole nitrogens is 1. The summed E-state index contributed by atoms with van der Waals surface area (Å²) in [7, 11) is 1.74. The van der Waals surface area contributed by atoms with Gasteiger partial charge in [0.25, 0.3) is 5.78 Å². The molecule has 0 fully saturated rings. The van der Waals surface area contributed by atoms with Crippen LogP contribution in [0.4, 0.5) is 4.39 Å². The number of Topliss-reactive ketones (excluding diaryl/α,β-unsaturated/α-hetero) is 1. The molecule has 1 heterocycles. The molecule has 17 heavy (non-hydrogen) atoms. The lowest BCUT2D eigenvalue weighted by molar-refractivity contribution is -0.131. The lowest BCUT2D eigenvalue weighted by Crippen LogP contribution is -2.14. The number of hydrogen-bond donors (Lipinski definition) is 2. The molecule has 85 valence electrons. The Balaban J connectivity index is 2.76. The molecule has 6 heteroatoms. The smallest absolute Gasteiger partial charge is 0.377 e.